The van der Waals surface area contributed by atoms with Gasteiger partial charge in [-0.05, 0) is 18.2 Å². The average Bonchev–Trinajstić information content (AvgIpc) is 2.35. The first-order chi connectivity index (χ1) is 9.37. The van der Waals surface area contributed by atoms with Gasteiger partial charge < -0.3 is 5.11 Å². The quantitative estimate of drug-likeness (QED) is 0.847. The van der Waals surface area contributed by atoms with Gasteiger partial charge in [0, 0.05) is 27.5 Å². The zero-order valence-corrected chi connectivity index (χ0v) is 12.7. The molecule has 20 heavy (non-hydrogen) atoms. The third-order valence-electron chi connectivity index (χ3n) is 3.36. The molecule has 7 heteroatoms. The van der Waals surface area contributed by atoms with Crippen LogP contribution < -0.4 is 0 Å². The van der Waals surface area contributed by atoms with Crippen molar-refractivity contribution in [3.63, 3.8) is 0 Å². The Morgan fingerprint density at radius 1 is 1.35 bits per heavy atom. The predicted molar refractivity (Wildman–Crippen MR) is 77.6 cm³/mol. The SMILES string of the molecule is O=C(O)c1c2c(nc3ccc(Br)cc13)CCS(=O)(=O)C2. The van der Waals surface area contributed by atoms with Crippen molar-refractivity contribution in [2.24, 2.45) is 0 Å². The average molecular weight is 356 g/mol. The number of benzene rings is 1. The molecule has 0 aliphatic carbocycles. The van der Waals surface area contributed by atoms with Crippen LogP contribution in [-0.4, -0.2) is 30.2 Å². The molecule has 0 spiro atoms. The van der Waals surface area contributed by atoms with Crippen molar-refractivity contribution in [2.75, 3.05) is 5.75 Å². The molecule has 0 unspecified atom stereocenters. The van der Waals surface area contributed by atoms with Gasteiger partial charge in [-0.1, -0.05) is 15.9 Å². The van der Waals surface area contributed by atoms with Crippen molar-refractivity contribution in [1.82, 2.24) is 4.98 Å². The van der Waals surface area contributed by atoms with Crippen LogP contribution in [0.5, 0.6) is 0 Å². The Morgan fingerprint density at radius 3 is 2.80 bits per heavy atom. The normalized spacial score (nSPS) is 16.9. The Kier molecular flexibility index (Phi) is 3.06. The Morgan fingerprint density at radius 2 is 2.10 bits per heavy atom. The summed E-state index contributed by atoms with van der Waals surface area (Å²) in [6.45, 7) is 0. The summed E-state index contributed by atoms with van der Waals surface area (Å²) in [5.41, 5.74) is 1.53. The topological polar surface area (TPSA) is 84.3 Å². The summed E-state index contributed by atoms with van der Waals surface area (Å²) in [5, 5.41) is 9.92. The molecule has 0 radical (unpaired) electrons. The first-order valence-corrected chi connectivity index (χ1v) is 8.53. The molecular formula is C13H10BrNO4S. The van der Waals surface area contributed by atoms with Crippen LogP contribution >= 0.6 is 15.9 Å². The highest BCUT2D eigenvalue weighted by atomic mass is 79.9. The largest absolute Gasteiger partial charge is 0.478 e. The minimum atomic E-state index is -3.25. The van der Waals surface area contributed by atoms with Crippen LogP contribution in [0.25, 0.3) is 10.9 Å². The number of carbonyl (C=O) groups is 1. The lowest BCUT2D eigenvalue weighted by molar-refractivity contribution is 0.0698. The Balaban J connectivity index is 2.42. The molecule has 3 rings (SSSR count). The fourth-order valence-corrected chi connectivity index (χ4v) is 4.24. The van der Waals surface area contributed by atoms with Gasteiger partial charge in [0.15, 0.2) is 9.84 Å². The first-order valence-electron chi connectivity index (χ1n) is 5.92. The lowest BCUT2D eigenvalue weighted by Gasteiger charge is -2.19. The van der Waals surface area contributed by atoms with Gasteiger partial charge >= 0.3 is 5.97 Å². The number of hydrogen-bond donors (Lipinski definition) is 1. The van der Waals surface area contributed by atoms with E-state index in [1.807, 2.05) is 0 Å². The number of fused-ring (bicyclic) bond motifs is 2. The Hall–Kier alpha value is -1.47. The minimum absolute atomic E-state index is 0.0219. The molecule has 104 valence electrons. The maximum atomic E-state index is 11.8. The maximum Gasteiger partial charge on any atom is 0.336 e. The van der Waals surface area contributed by atoms with E-state index in [4.69, 9.17) is 0 Å². The number of aromatic carboxylic acids is 1. The van der Waals surface area contributed by atoms with Crippen molar-refractivity contribution in [1.29, 1.82) is 0 Å². The van der Waals surface area contributed by atoms with E-state index in [9.17, 15) is 18.3 Å². The second-order valence-electron chi connectivity index (χ2n) is 4.72. The number of aromatic nitrogens is 1. The molecule has 0 bridgehead atoms. The van der Waals surface area contributed by atoms with Crippen LogP contribution in [0.2, 0.25) is 0 Å². The van der Waals surface area contributed by atoms with Crippen molar-refractivity contribution in [3.05, 3.63) is 39.5 Å². The van der Waals surface area contributed by atoms with E-state index >= 15 is 0 Å². The van der Waals surface area contributed by atoms with Crippen LogP contribution in [0, 0.1) is 0 Å². The number of carboxylic acids is 1. The van der Waals surface area contributed by atoms with Gasteiger partial charge in [-0.3, -0.25) is 4.98 Å². The number of aryl methyl sites for hydroxylation is 1. The number of nitrogens with zero attached hydrogens (tertiary/aromatic N) is 1. The molecule has 0 saturated heterocycles. The van der Waals surface area contributed by atoms with Crippen LogP contribution in [0.4, 0.5) is 0 Å². The van der Waals surface area contributed by atoms with Gasteiger partial charge in [0.25, 0.3) is 0 Å². The summed E-state index contributed by atoms with van der Waals surface area (Å²) in [5.74, 6) is -1.35. The van der Waals surface area contributed by atoms with Gasteiger partial charge in [-0.2, -0.15) is 0 Å². The molecular weight excluding hydrogens is 346 g/mol. The third-order valence-corrected chi connectivity index (χ3v) is 5.41. The molecule has 1 aliphatic heterocycles. The highest BCUT2D eigenvalue weighted by Crippen LogP contribution is 2.30. The maximum absolute atomic E-state index is 11.8. The van der Waals surface area contributed by atoms with Gasteiger partial charge in [-0.25, -0.2) is 13.2 Å². The molecule has 2 aromatic rings. The summed E-state index contributed by atoms with van der Waals surface area (Å²) in [6, 6.07) is 5.18. The highest BCUT2D eigenvalue weighted by Gasteiger charge is 2.28. The van der Waals surface area contributed by atoms with Crippen molar-refractivity contribution in [3.8, 4) is 0 Å². The summed E-state index contributed by atoms with van der Waals surface area (Å²) < 4.78 is 24.3. The number of pyridine rings is 1. The van der Waals surface area contributed by atoms with Gasteiger partial charge in [0.05, 0.1) is 22.6 Å². The van der Waals surface area contributed by atoms with Gasteiger partial charge in [0.1, 0.15) is 0 Å². The second kappa shape index (κ2) is 4.53. The lowest BCUT2D eigenvalue weighted by atomic mass is 10.00. The number of hydrogen-bond acceptors (Lipinski definition) is 4. The van der Waals surface area contributed by atoms with E-state index in [2.05, 4.69) is 20.9 Å². The number of carboxylic acid groups (broad SMARTS) is 1. The number of rotatable bonds is 1. The van der Waals surface area contributed by atoms with Crippen LogP contribution in [0.1, 0.15) is 21.6 Å². The van der Waals surface area contributed by atoms with Gasteiger partial charge in [-0.15, -0.1) is 0 Å². The van der Waals surface area contributed by atoms with Crippen molar-refractivity contribution >= 4 is 42.6 Å². The second-order valence-corrected chi connectivity index (χ2v) is 7.82. The zero-order valence-electron chi connectivity index (χ0n) is 10.3. The molecule has 1 aromatic heterocycles. The first kappa shape index (κ1) is 13.5. The molecule has 0 amide bonds. The van der Waals surface area contributed by atoms with E-state index in [1.165, 1.54) is 0 Å². The molecule has 0 atom stereocenters. The molecule has 0 saturated carbocycles. The van der Waals surface area contributed by atoms with Crippen molar-refractivity contribution < 1.29 is 18.3 Å². The predicted octanol–water partition coefficient (Wildman–Crippen LogP) is 2.17. The fraction of sp³-hybridized carbons (Fsp3) is 0.231. The van der Waals surface area contributed by atoms with E-state index in [1.54, 1.807) is 18.2 Å². The monoisotopic (exact) mass is 355 g/mol. The molecule has 1 N–H and O–H groups in total. The van der Waals surface area contributed by atoms with Gasteiger partial charge in [0.2, 0.25) is 0 Å². The summed E-state index contributed by atoms with van der Waals surface area (Å²) in [6.07, 6.45) is 0.268. The highest BCUT2D eigenvalue weighted by molar-refractivity contribution is 9.10. The van der Waals surface area contributed by atoms with Crippen LogP contribution in [0.3, 0.4) is 0 Å². The standard InChI is InChI=1S/C13H10BrNO4S/c14-7-1-2-10-8(5-7)12(13(16)17)9-6-20(18,19)4-3-11(9)15-10/h1-2,5H,3-4,6H2,(H,16,17). The van der Waals surface area contributed by atoms with E-state index in [-0.39, 0.29) is 23.5 Å². The lowest BCUT2D eigenvalue weighted by Crippen LogP contribution is -2.23. The number of halogens is 1. The summed E-state index contributed by atoms with van der Waals surface area (Å²) in [4.78, 5) is 16.0. The summed E-state index contributed by atoms with van der Waals surface area (Å²) in [7, 11) is -3.25. The fourth-order valence-electron chi connectivity index (χ4n) is 2.48. The Labute approximate surface area is 123 Å². The molecule has 1 aromatic carbocycles. The summed E-state index contributed by atoms with van der Waals surface area (Å²) >= 11 is 3.30. The molecule has 0 fully saturated rings. The van der Waals surface area contributed by atoms with E-state index in [0.29, 0.717) is 22.2 Å². The zero-order chi connectivity index (χ0) is 14.5. The Bertz CT molecular complexity index is 845. The third kappa shape index (κ3) is 2.20. The smallest absolute Gasteiger partial charge is 0.336 e. The molecule has 1 aliphatic rings. The van der Waals surface area contributed by atoms with Crippen molar-refractivity contribution in [2.45, 2.75) is 12.2 Å². The van der Waals surface area contributed by atoms with E-state index < -0.39 is 15.8 Å². The number of sulfone groups is 1. The molecule has 5 nitrogen and oxygen atoms in total. The molecule has 2 heterocycles. The van der Waals surface area contributed by atoms with E-state index in [0.717, 1.165) is 4.47 Å². The van der Waals surface area contributed by atoms with Crippen LogP contribution in [-0.2, 0) is 22.0 Å². The van der Waals surface area contributed by atoms with Crippen LogP contribution in [0.15, 0.2) is 22.7 Å². The minimum Gasteiger partial charge on any atom is -0.478 e.